The van der Waals surface area contributed by atoms with Gasteiger partial charge in [-0.2, -0.15) is 0 Å². The molecule has 2 heterocycles. The lowest BCUT2D eigenvalue weighted by Gasteiger charge is -2.14. The smallest absolute Gasteiger partial charge is 0.142 e. The van der Waals surface area contributed by atoms with Crippen LogP contribution in [0.3, 0.4) is 0 Å². The number of nitrogens with zero attached hydrogens (tertiary/aromatic N) is 2. The van der Waals surface area contributed by atoms with Crippen molar-refractivity contribution in [2.24, 2.45) is 0 Å². The Labute approximate surface area is 142 Å². The van der Waals surface area contributed by atoms with E-state index in [-0.39, 0.29) is 6.10 Å². The van der Waals surface area contributed by atoms with E-state index in [1.165, 1.54) is 0 Å². The Balaban J connectivity index is 1.71. The molecule has 1 aliphatic rings. The number of para-hydroxylation sites is 2. The summed E-state index contributed by atoms with van der Waals surface area (Å²) in [4.78, 5) is 8.91. The topological polar surface area (TPSA) is 68.3 Å². The fraction of sp³-hybridized carbons (Fsp3) is 0.444. The van der Waals surface area contributed by atoms with Gasteiger partial charge in [0.15, 0.2) is 0 Å². The first-order valence-electron chi connectivity index (χ1n) is 8.44. The lowest BCUT2D eigenvalue weighted by atomic mass is 10.2. The van der Waals surface area contributed by atoms with Crippen LogP contribution in [-0.4, -0.2) is 35.8 Å². The van der Waals surface area contributed by atoms with E-state index in [9.17, 15) is 0 Å². The van der Waals surface area contributed by atoms with Crippen LogP contribution in [0, 0.1) is 6.92 Å². The fourth-order valence-electron chi connectivity index (χ4n) is 2.74. The second kappa shape index (κ2) is 7.97. The second-order valence-corrected chi connectivity index (χ2v) is 5.76. The third-order valence-corrected chi connectivity index (χ3v) is 3.82. The first-order chi connectivity index (χ1) is 11.7. The van der Waals surface area contributed by atoms with Gasteiger partial charge in [-0.05, 0) is 38.8 Å². The number of aromatic nitrogens is 2. The highest BCUT2D eigenvalue weighted by Gasteiger charge is 2.15. The molecule has 2 N–H and O–H groups in total. The Morgan fingerprint density at radius 1 is 1.25 bits per heavy atom. The lowest BCUT2D eigenvalue weighted by molar-refractivity contribution is 0.120. The minimum Gasteiger partial charge on any atom is -0.492 e. The summed E-state index contributed by atoms with van der Waals surface area (Å²) in [5, 5.41) is 6.67. The first-order valence-corrected chi connectivity index (χ1v) is 8.44. The van der Waals surface area contributed by atoms with Crippen molar-refractivity contribution in [1.29, 1.82) is 0 Å². The largest absolute Gasteiger partial charge is 0.492 e. The predicted octanol–water partition coefficient (Wildman–Crippen LogP) is 3.52. The summed E-state index contributed by atoms with van der Waals surface area (Å²) >= 11 is 0. The summed E-state index contributed by atoms with van der Waals surface area (Å²) in [6, 6.07) is 9.74. The number of ether oxygens (including phenoxy) is 2. The van der Waals surface area contributed by atoms with Crippen molar-refractivity contribution in [2.75, 3.05) is 30.4 Å². The van der Waals surface area contributed by atoms with Crippen molar-refractivity contribution in [3.8, 4) is 5.75 Å². The van der Waals surface area contributed by atoms with Crippen LogP contribution in [0.1, 0.15) is 25.6 Å². The molecule has 1 aromatic carbocycles. The monoisotopic (exact) mass is 328 g/mol. The number of aryl methyl sites for hydroxylation is 1. The standard InChI is InChI=1S/C18H24N4O2/c1-3-23-16-9-5-4-8-15(16)22-18-11-17(20-13(2)21-18)19-12-14-7-6-10-24-14/h4-5,8-9,11,14H,3,6-7,10,12H2,1-2H3,(H2,19,20,21,22). The van der Waals surface area contributed by atoms with Gasteiger partial charge in [0.25, 0.3) is 0 Å². The molecular formula is C18H24N4O2. The predicted molar refractivity (Wildman–Crippen MR) is 95.1 cm³/mol. The molecule has 128 valence electrons. The quantitative estimate of drug-likeness (QED) is 0.810. The zero-order valence-corrected chi connectivity index (χ0v) is 14.2. The van der Waals surface area contributed by atoms with Gasteiger partial charge in [-0.15, -0.1) is 0 Å². The zero-order valence-electron chi connectivity index (χ0n) is 14.2. The third-order valence-electron chi connectivity index (χ3n) is 3.82. The van der Waals surface area contributed by atoms with Crippen LogP contribution in [0.4, 0.5) is 17.3 Å². The zero-order chi connectivity index (χ0) is 16.8. The molecule has 1 fully saturated rings. The molecule has 1 aromatic heterocycles. The molecule has 1 atom stereocenters. The SMILES string of the molecule is CCOc1ccccc1Nc1cc(NCC2CCCO2)nc(C)n1. The third kappa shape index (κ3) is 4.35. The summed E-state index contributed by atoms with van der Waals surface area (Å²) in [6.07, 6.45) is 2.51. The van der Waals surface area contributed by atoms with Gasteiger partial charge < -0.3 is 20.1 Å². The van der Waals surface area contributed by atoms with Crippen LogP contribution in [0.5, 0.6) is 5.75 Å². The number of anilines is 3. The number of rotatable bonds is 7. The minimum absolute atomic E-state index is 0.273. The van der Waals surface area contributed by atoms with Gasteiger partial charge in [-0.25, -0.2) is 9.97 Å². The molecule has 3 rings (SSSR count). The van der Waals surface area contributed by atoms with Crippen LogP contribution in [0.15, 0.2) is 30.3 Å². The maximum absolute atomic E-state index is 5.65. The Bertz CT molecular complexity index is 672. The van der Waals surface area contributed by atoms with Crippen molar-refractivity contribution < 1.29 is 9.47 Å². The van der Waals surface area contributed by atoms with E-state index in [1.807, 2.05) is 44.2 Å². The van der Waals surface area contributed by atoms with Gasteiger partial charge in [0.05, 0.1) is 18.4 Å². The lowest BCUT2D eigenvalue weighted by Crippen LogP contribution is -2.19. The Kier molecular flexibility index (Phi) is 5.48. The normalized spacial score (nSPS) is 16.8. The number of hydrogen-bond donors (Lipinski definition) is 2. The molecule has 0 amide bonds. The first kappa shape index (κ1) is 16.5. The van der Waals surface area contributed by atoms with Gasteiger partial charge in [0.2, 0.25) is 0 Å². The van der Waals surface area contributed by atoms with Gasteiger partial charge >= 0.3 is 0 Å². The van der Waals surface area contributed by atoms with Crippen molar-refractivity contribution in [1.82, 2.24) is 9.97 Å². The molecule has 6 nitrogen and oxygen atoms in total. The Morgan fingerprint density at radius 3 is 2.88 bits per heavy atom. The second-order valence-electron chi connectivity index (χ2n) is 5.76. The van der Waals surface area contributed by atoms with Crippen LogP contribution >= 0.6 is 0 Å². The van der Waals surface area contributed by atoms with Gasteiger partial charge in [-0.1, -0.05) is 12.1 Å². The number of hydrogen-bond acceptors (Lipinski definition) is 6. The van der Waals surface area contributed by atoms with E-state index in [1.54, 1.807) is 0 Å². The summed E-state index contributed by atoms with van der Waals surface area (Å²) in [7, 11) is 0. The molecule has 6 heteroatoms. The molecule has 0 saturated carbocycles. The molecule has 1 aliphatic heterocycles. The van der Waals surface area contributed by atoms with E-state index in [4.69, 9.17) is 9.47 Å². The van der Waals surface area contributed by atoms with Crippen LogP contribution in [0.25, 0.3) is 0 Å². The maximum atomic E-state index is 5.65. The molecule has 1 saturated heterocycles. The van der Waals surface area contributed by atoms with Gasteiger partial charge in [0, 0.05) is 19.2 Å². The average molecular weight is 328 g/mol. The summed E-state index contributed by atoms with van der Waals surface area (Å²) in [6.45, 7) is 6.10. The highest BCUT2D eigenvalue weighted by atomic mass is 16.5. The van der Waals surface area contributed by atoms with Crippen LogP contribution in [-0.2, 0) is 4.74 Å². The molecule has 0 radical (unpaired) electrons. The van der Waals surface area contributed by atoms with E-state index in [0.29, 0.717) is 12.4 Å². The molecule has 2 aromatic rings. The van der Waals surface area contributed by atoms with E-state index in [2.05, 4.69) is 20.6 Å². The fourth-order valence-corrected chi connectivity index (χ4v) is 2.74. The van der Waals surface area contributed by atoms with Gasteiger partial charge in [0.1, 0.15) is 23.2 Å². The molecule has 1 unspecified atom stereocenters. The van der Waals surface area contributed by atoms with Crippen LogP contribution < -0.4 is 15.4 Å². The van der Waals surface area contributed by atoms with Crippen molar-refractivity contribution in [2.45, 2.75) is 32.8 Å². The molecule has 0 aliphatic carbocycles. The summed E-state index contributed by atoms with van der Waals surface area (Å²) < 4.78 is 11.3. The van der Waals surface area contributed by atoms with E-state index >= 15 is 0 Å². The highest BCUT2D eigenvalue weighted by molar-refractivity contribution is 5.65. The minimum atomic E-state index is 0.273. The molecule has 24 heavy (non-hydrogen) atoms. The van der Waals surface area contributed by atoms with Crippen molar-refractivity contribution >= 4 is 17.3 Å². The van der Waals surface area contributed by atoms with Crippen LogP contribution in [0.2, 0.25) is 0 Å². The maximum Gasteiger partial charge on any atom is 0.142 e. The summed E-state index contributed by atoms with van der Waals surface area (Å²) in [5.41, 5.74) is 0.891. The Hall–Kier alpha value is -2.34. The molecule has 0 bridgehead atoms. The van der Waals surface area contributed by atoms with E-state index < -0.39 is 0 Å². The highest BCUT2D eigenvalue weighted by Crippen LogP contribution is 2.27. The molecular weight excluding hydrogens is 304 g/mol. The Morgan fingerprint density at radius 2 is 2.08 bits per heavy atom. The molecule has 0 spiro atoms. The average Bonchev–Trinajstić information content (AvgIpc) is 3.08. The summed E-state index contributed by atoms with van der Waals surface area (Å²) in [5.74, 6) is 3.06. The van der Waals surface area contributed by atoms with Crippen molar-refractivity contribution in [3.63, 3.8) is 0 Å². The van der Waals surface area contributed by atoms with E-state index in [0.717, 1.165) is 49.1 Å². The van der Waals surface area contributed by atoms with Gasteiger partial charge in [-0.3, -0.25) is 0 Å². The number of nitrogens with one attached hydrogen (secondary N) is 2. The van der Waals surface area contributed by atoms with Crippen molar-refractivity contribution in [3.05, 3.63) is 36.2 Å². The number of benzene rings is 1.